The van der Waals surface area contributed by atoms with E-state index in [4.69, 9.17) is 17.2 Å². The largest absolute Gasteiger partial charge is 0.507 e. The number of rotatable bonds is 5. The molecule has 2 aromatic rings. The molecule has 0 amide bonds. The van der Waals surface area contributed by atoms with Crippen molar-refractivity contribution in [2.75, 3.05) is 12.8 Å². The van der Waals surface area contributed by atoms with Crippen LogP contribution in [0.1, 0.15) is 46.1 Å². The van der Waals surface area contributed by atoms with Crippen LogP contribution in [0.3, 0.4) is 0 Å². The summed E-state index contributed by atoms with van der Waals surface area (Å²) in [4.78, 5) is 2.11. The van der Waals surface area contributed by atoms with Gasteiger partial charge in [0.05, 0.1) is 11.5 Å². The molecule has 2 heterocycles. The van der Waals surface area contributed by atoms with Crippen LogP contribution in [-0.2, 0) is 0 Å². The highest BCUT2D eigenvalue weighted by Crippen LogP contribution is 2.32. The number of hydrogen-bond acceptors (Lipinski definition) is 7. The lowest BCUT2D eigenvalue weighted by molar-refractivity contribution is 0.0981. The Bertz CT molecular complexity index is 987. The van der Waals surface area contributed by atoms with Gasteiger partial charge in [0.2, 0.25) is 0 Å². The van der Waals surface area contributed by atoms with Gasteiger partial charge in [-0.3, -0.25) is 0 Å². The highest BCUT2D eigenvalue weighted by Gasteiger charge is 2.39. The fraction of sp³-hybridized carbons (Fsp3) is 0.435. The number of aromatic hydroxyl groups is 1. The SMILES string of the molecule is CN(/C(N)=C/C=C(\N)c1ccc(-n2ccc(N)n2)cc1O)C1CC(C)(C)NC(C)(C)C1. The second-order valence-electron chi connectivity index (χ2n) is 9.67. The molecule has 1 fully saturated rings. The first-order chi connectivity index (χ1) is 14.4. The first-order valence-corrected chi connectivity index (χ1v) is 10.5. The van der Waals surface area contributed by atoms with Gasteiger partial charge in [-0.1, -0.05) is 0 Å². The Balaban J connectivity index is 1.76. The van der Waals surface area contributed by atoms with Crippen LogP contribution >= 0.6 is 0 Å². The molecular weight excluding hydrogens is 390 g/mol. The third-order valence-electron chi connectivity index (χ3n) is 5.72. The molecule has 1 aliphatic rings. The van der Waals surface area contributed by atoms with Gasteiger partial charge in [0.15, 0.2) is 0 Å². The van der Waals surface area contributed by atoms with E-state index in [9.17, 15) is 5.11 Å². The molecule has 3 rings (SSSR count). The maximum absolute atomic E-state index is 10.5. The first-order valence-electron chi connectivity index (χ1n) is 10.5. The molecule has 0 aliphatic carbocycles. The Kier molecular flexibility index (Phi) is 5.96. The van der Waals surface area contributed by atoms with Gasteiger partial charge < -0.3 is 32.5 Å². The van der Waals surface area contributed by atoms with E-state index in [0.717, 1.165) is 12.8 Å². The topological polar surface area (TPSA) is 131 Å². The maximum Gasteiger partial charge on any atom is 0.145 e. The minimum atomic E-state index is 0.0304. The minimum Gasteiger partial charge on any atom is -0.507 e. The van der Waals surface area contributed by atoms with Crippen molar-refractivity contribution in [3.05, 3.63) is 54.0 Å². The predicted molar refractivity (Wildman–Crippen MR) is 126 cm³/mol. The van der Waals surface area contributed by atoms with Gasteiger partial charge in [-0.2, -0.15) is 5.10 Å². The van der Waals surface area contributed by atoms with Crippen molar-refractivity contribution < 1.29 is 5.11 Å². The molecule has 1 saturated heterocycles. The van der Waals surface area contributed by atoms with E-state index in [-0.39, 0.29) is 16.8 Å². The molecule has 8 nitrogen and oxygen atoms in total. The van der Waals surface area contributed by atoms with Crippen molar-refractivity contribution in [2.24, 2.45) is 11.5 Å². The summed E-state index contributed by atoms with van der Waals surface area (Å²) in [5, 5.41) is 18.3. The first kappa shape index (κ1) is 22.6. The molecule has 0 bridgehead atoms. The van der Waals surface area contributed by atoms with Crippen molar-refractivity contribution in [1.29, 1.82) is 0 Å². The van der Waals surface area contributed by atoms with Gasteiger partial charge in [-0.05, 0) is 64.8 Å². The number of phenolic OH excluding ortho intramolecular Hbond substituents is 1. The summed E-state index contributed by atoms with van der Waals surface area (Å²) in [6, 6.07) is 7.17. The van der Waals surface area contributed by atoms with E-state index in [1.807, 2.05) is 13.1 Å². The van der Waals surface area contributed by atoms with E-state index in [1.165, 1.54) is 0 Å². The Morgan fingerprint density at radius 1 is 1.16 bits per heavy atom. The van der Waals surface area contributed by atoms with Crippen LogP contribution in [0.2, 0.25) is 0 Å². The maximum atomic E-state index is 10.5. The lowest BCUT2D eigenvalue weighted by Gasteiger charge is -2.49. The van der Waals surface area contributed by atoms with Crippen molar-refractivity contribution in [2.45, 2.75) is 57.7 Å². The number of nitrogens with zero attached hydrogens (tertiary/aromatic N) is 3. The van der Waals surface area contributed by atoms with Crippen LogP contribution in [0.15, 0.2) is 48.4 Å². The van der Waals surface area contributed by atoms with Crippen LogP contribution < -0.4 is 22.5 Å². The summed E-state index contributed by atoms with van der Waals surface area (Å²) in [6.07, 6.45) is 7.22. The molecular formula is C23H35N7O. The van der Waals surface area contributed by atoms with E-state index >= 15 is 0 Å². The number of phenols is 1. The van der Waals surface area contributed by atoms with Gasteiger partial charge in [0, 0.05) is 53.8 Å². The third-order valence-corrected chi connectivity index (χ3v) is 5.72. The number of benzene rings is 1. The number of nitrogen functional groups attached to an aromatic ring is 1. The van der Waals surface area contributed by atoms with Gasteiger partial charge in [0.1, 0.15) is 11.6 Å². The number of anilines is 1. The second kappa shape index (κ2) is 8.19. The standard InChI is InChI=1S/C23H35N7O/c1-22(2)13-16(14-23(3,4)28-22)29(5)21(26)9-8-18(24)17-7-6-15(12-19(17)31)30-11-10-20(25)27-30/h6-12,16,28,31H,13-14,24,26H2,1-5H3,(H2,25,27)/b18-8-,21-9+. The van der Waals surface area contributed by atoms with Gasteiger partial charge in [0.25, 0.3) is 0 Å². The zero-order valence-corrected chi connectivity index (χ0v) is 19.1. The van der Waals surface area contributed by atoms with Gasteiger partial charge in [-0.25, -0.2) is 4.68 Å². The fourth-order valence-corrected chi connectivity index (χ4v) is 4.52. The Labute approximate surface area is 184 Å². The summed E-state index contributed by atoms with van der Waals surface area (Å²) in [5.41, 5.74) is 20.0. The highest BCUT2D eigenvalue weighted by molar-refractivity contribution is 5.70. The number of hydrogen-bond donors (Lipinski definition) is 5. The number of nitrogens with two attached hydrogens (primary N) is 3. The Morgan fingerprint density at radius 2 is 1.81 bits per heavy atom. The summed E-state index contributed by atoms with van der Waals surface area (Å²) in [6.45, 7) is 8.88. The van der Waals surface area contributed by atoms with E-state index in [1.54, 1.807) is 41.2 Å². The summed E-state index contributed by atoms with van der Waals surface area (Å²) in [5.74, 6) is 1.10. The van der Waals surface area contributed by atoms with E-state index in [2.05, 4.69) is 43.0 Å². The van der Waals surface area contributed by atoms with E-state index < -0.39 is 0 Å². The second-order valence-corrected chi connectivity index (χ2v) is 9.67. The van der Waals surface area contributed by atoms with Crippen LogP contribution in [0.4, 0.5) is 5.82 Å². The number of aromatic nitrogens is 2. The number of allylic oxidation sites excluding steroid dienone is 2. The van der Waals surface area contributed by atoms with Crippen LogP contribution in [0, 0.1) is 0 Å². The molecule has 31 heavy (non-hydrogen) atoms. The third kappa shape index (κ3) is 5.32. The summed E-state index contributed by atoms with van der Waals surface area (Å²) >= 11 is 0. The molecule has 0 atom stereocenters. The fourth-order valence-electron chi connectivity index (χ4n) is 4.52. The van der Waals surface area contributed by atoms with Gasteiger partial charge in [-0.15, -0.1) is 0 Å². The van der Waals surface area contributed by atoms with Gasteiger partial charge >= 0.3 is 0 Å². The zero-order chi connectivity index (χ0) is 23.0. The smallest absolute Gasteiger partial charge is 0.145 e. The van der Waals surface area contributed by atoms with Crippen molar-refractivity contribution >= 4 is 11.5 Å². The quantitative estimate of drug-likeness (QED) is 0.465. The molecule has 1 aliphatic heterocycles. The molecule has 0 radical (unpaired) electrons. The van der Waals surface area contributed by atoms with Crippen molar-refractivity contribution in [3.63, 3.8) is 0 Å². The number of piperidine rings is 1. The molecule has 168 valence electrons. The molecule has 1 aromatic heterocycles. The summed E-state index contributed by atoms with van der Waals surface area (Å²) < 4.78 is 1.59. The normalized spacial score (nSPS) is 19.4. The molecule has 8 heteroatoms. The minimum absolute atomic E-state index is 0.0304. The number of nitrogens with one attached hydrogen (secondary N) is 1. The molecule has 0 spiro atoms. The lowest BCUT2D eigenvalue weighted by Crippen LogP contribution is -2.61. The summed E-state index contributed by atoms with van der Waals surface area (Å²) in [7, 11) is 2.01. The Hall–Kier alpha value is -3.13. The molecule has 0 saturated carbocycles. The van der Waals surface area contributed by atoms with Crippen LogP contribution in [0.5, 0.6) is 5.75 Å². The average molecular weight is 426 g/mol. The molecule has 1 aromatic carbocycles. The highest BCUT2D eigenvalue weighted by atomic mass is 16.3. The van der Waals surface area contributed by atoms with Crippen LogP contribution in [0.25, 0.3) is 11.4 Å². The molecule has 0 unspecified atom stereocenters. The lowest BCUT2D eigenvalue weighted by atomic mass is 9.79. The van der Waals surface area contributed by atoms with Crippen molar-refractivity contribution in [3.8, 4) is 11.4 Å². The monoisotopic (exact) mass is 425 g/mol. The Morgan fingerprint density at radius 3 is 2.35 bits per heavy atom. The van der Waals surface area contributed by atoms with Crippen molar-refractivity contribution in [1.82, 2.24) is 20.0 Å². The average Bonchev–Trinajstić information content (AvgIpc) is 3.09. The molecule has 8 N–H and O–H groups in total. The zero-order valence-electron chi connectivity index (χ0n) is 19.1. The predicted octanol–water partition coefficient (Wildman–Crippen LogP) is 2.50. The van der Waals surface area contributed by atoms with E-state index in [0.29, 0.717) is 34.6 Å². The van der Waals surface area contributed by atoms with Crippen LogP contribution in [-0.4, -0.2) is 44.0 Å².